The van der Waals surface area contributed by atoms with Crippen molar-refractivity contribution in [1.29, 1.82) is 0 Å². The van der Waals surface area contributed by atoms with E-state index in [9.17, 15) is 9.59 Å². The van der Waals surface area contributed by atoms with Crippen LogP contribution in [0.25, 0.3) is 10.9 Å². The Morgan fingerprint density at radius 3 is 2.66 bits per heavy atom. The highest BCUT2D eigenvalue weighted by Gasteiger charge is 2.14. The summed E-state index contributed by atoms with van der Waals surface area (Å²) in [7, 11) is 0. The Bertz CT molecular complexity index is 1050. The summed E-state index contributed by atoms with van der Waals surface area (Å²) in [5.74, 6) is 0.0800. The van der Waals surface area contributed by atoms with E-state index in [4.69, 9.17) is 11.6 Å². The van der Waals surface area contributed by atoms with Crippen molar-refractivity contribution < 1.29 is 4.79 Å². The number of amides is 1. The van der Waals surface area contributed by atoms with Crippen LogP contribution in [0.1, 0.15) is 38.3 Å². The first-order chi connectivity index (χ1) is 14.0. The van der Waals surface area contributed by atoms with Gasteiger partial charge in [-0.1, -0.05) is 61.0 Å². The monoisotopic (exact) mass is 429 g/mol. The number of halogens is 1. The van der Waals surface area contributed by atoms with Crippen molar-refractivity contribution in [2.75, 3.05) is 5.75 Å². The van der Waals surface area contributed by atoms with Gasteiger partial charge in [0.1, 0.15) is 0 Å². The second-order valence-electron chi connectivity index (χ2n) is 6.85. The molecule has 2 aromatic carbocycles. The summed E-state index contributed by atoms with van der Waals surface area (Å²) in [5, 5.41) is 4.83. The molecular weight excluding hydrogens is 406 g/mol. The average molecular weight is 430 g/mol. The zero-order chi connectivity index (χ0) is 20.8. The highest BCUT2D eigenvalue weighted by Crippen LogP contribution is 2.20. The van der Waals surface area contributed by atoms with E-state index >= 15 is 0 Å². The van der Waals surface area contributed by atoms with Gasteiger partial charge in [-0.2, -0.15) is 0 Å². The fourth-order valence-electron chi connectivity index (χ4n) is 3.02. The van der Waals surface area contributed by atoms with Gasteiger partial charge in [-0.25, -0.2) is 4.98 Å². The number of hydrogen-bond donors (Lipinski definition) is 1. The molecular formula is C22H24ClN3O2S. The Kier molecular flexibility index (Phi) is 7.34. The second-order valence-corrected chi connectivity index (χ2v) is 8.23. The van der Waals surface area contributed by atoms with E-state index in [0.29, 0.717) is 27.6 Å². The van der Waals surface area contributed by atoms with E-state index < -0.39 is 0 Å². The van der Waals surface area contributed by atoms with Gasteiger partial charge in [-0.05, 0) is 43.2 Å². The third-order valence-corrected chi connectivity index (χ3v) is 5.87. The lowest BCUT2D eigenvalue weighted by Crippen LogP contribution is -2.29. The number of carbonyl (C=O) groups is 1. The molecule has 0 spiro atoms. The minimum absolute atomic E-state index is 0.0542. The van der Waals surface area contributed by atoms with E-state index in [1.807, 2.05) is 37.3 Å². The maximum atomic E-state index is 12.9. The Morgan fingerprint density at radius 1 is 1.21 bits per heavy atom. The summed E-state index contributed by atoms with van der Waals surface area (Å²) >= 11 is 7.21. The molecule has 29 heavy (non-hydrogen) atoms. The van der Waals surface area contributed by atoms with Gasteiger partial charge in [0.25, 0.3) is 5.56 Å². The predicted molar refractivity (Wildman–Crippen MR) is 120 cm³/mol. The van der Waals surface area contributed by atoms with Crippen LogP contribution in [0.15, 0.2) is 58.5 Å². The number of carbonyl (C=O) groups excluding carboxylic acids is 1. The van der Waals surface area contributed by atoms with Crippen molar-refractivity contribution in [1.82, 2.24) is 14.9 Å². The minimum Gasteiger partial charge on any atom is -0.349 e. The SMILES string of the molecule is CCCCn1c(SCC(=O)NC(C)c2ccc(Cl)cc2)nc2ccccc2c1=O. The fraction of sp³-hybridized carbons (Fsp3) is 0.318. The molecule has 0 aliphatic carbocycles. The number of nitrogens with one attached hydrogen (secondary N) is 1. The van der Waals surface area contributed by atoms with Crippen LogP contribution in [0.4, 0.5) is 0 Å². The van der Waals surface area contributed by atoms with Crippen molar-refractivity contribution in [3.8, 4) is 0 Å². The van der Waals surface area contributed by atoms with Gasteiger partial charge in [-0.15, -0.1) is 0 Å². The maximum Gasteiger partial charge on any atom is 0.262 e. The molecule has 0 bridgehead atoms. The molecule has 0 aliphatic heterocycles. The van der Waals surface area contributed by atoms with E-state index in [0.717, 1.165) is 18.4 Å². The van der Waals surface area contributed by atoms with E-state index in [-0.39, 0.29) is 23.3 Å². The number of hydrogen-bond acceptors (Lipinski definition) is 4. The molecule has 1 unspecified atom stereocenters. The highest BCUT2D eigenvalue weighted by molar-refractivity contribution is 7.99. The van der Waals surface area contributed by atoms with Crippen LogP contribution < -0.4 is 10.9 Å². The lowest BCUT2D eigenvalue weighted by Gasteiger charge is -2.15. The van der Waals surface area contributed by atoms with Gasteiger partial charge < -0.3 is 5.32 Å². The topological polar surface area (TPSA) is 64.0 Å². The third-order valence-electron chi connectivity index (χ3n) is 4.64. The number of thioether (sulfide) groups is 1. The summed E-state index contributed by atoms with van der Waals surface area (Å²) < 4.78 is 1.69. The van der Waals surface area contributed by atoms with Crippen molar-refractivity contribution in [3.05, 3.63) is 69.5 Å². The number of nitrogens with zero attached hydrogens (tertiary/aromatic N) is 2. The summed E-state index contributed by atoms with van der Waals surface area (Å²) in [5.41, 5.74) is 1.58. The molecule has 0 fully saturated rings. The van der Waals surface area contributed by atoms with Gasteiger partial charge in [0.05, 0.1) is 22.7 Å². The zero-order valence-corrected chi connectivity index (χ0v) is 18.1. The lowest BCUT2D eigenvalue weighted by atomic mass is 10.1. The summed E-state index contributed by atoms with van der Waals surface area (Å²) in [6.07, 6.45) is 1.86. The molecule has 5 nitrogen and oxygen atoms in total. The highest BCUT2D eigenvalue weighted by atomic mass is 35.5. The Labute approximate surface area is 179 Å². The first kappa shape index (κ1) is 21.4. The van der Waals surface area contributed by atoms with Crippen LogP contribution in [-0.4, -0.2) is 21.2 Å². The number of benzene rings is 2. The summed E-state index contributed by atoms with van der Waals surface area (Å²) in [4.78, 5) is 30.0. The number of aromatic nitrogens is 2. The Hall–Kier alpha value is -2.31. The Balaban J connectivity index is 1.74. The van der Waals surface area contributed by atoms with Crippen LogP contribution >= 0.6 is 23.4 Å². The minimum atomic E-state index is -0.132. The van der Waals surface area contributed by atoms with Gasteiger partial charge in [0.2, 0.25) is 5.91 Å². The zero-order valence-electron chi connectivity index (χ0n) is 16.5. The maximum absolute atomic E-state index is 12.9. The molecule has 3 aromatic rings. The third kappa shape index (κ3) is 5.40. The largest absolute Gasteiger partial charge is 0.349 e. The fourth-order valence-corrected chi connectivity index (χ4v) is 3.98. The molecule has 3 rings (SSSR count). The number of para-hydroxylation sites is 1. The van der Waals surface area contributed by atoms with Crippen molar-refractivity contribution in [2.24, 2.45) is 0 Å². The molecule has 1 N–H and O–H groups in total. The number of unbranched alkanes of at least 4 members (excludes halogenated alkanes) is 1. The molecule has 0 radical (unpaired) electrons. The van der Waals surface area contributed by atoms with Gasteiger partial charge in [0.15, 0.2) is 5.16 Å². The standard InChI is InChI=1S/C22H24ClN3O2S/c1-3-4-13-26-21(28)18-7-5-6-8-19(18)25-22(26)29-14-20(27)24-15(2)16-9-11-17(23)12-10-16/h5-12,15H,3-4,13-14H2,1-2H3,(H,24,27). The quantitative estimate of drug-likeness (QED) is 0.412. The summed E-state index contributed by atoms with van der Waals surface area (Å²) in [6, 6.07) is 14.6. The second kappa shape index (κ2) is 9.94. The Morgan fingerprint density at radius 2 is 1.93 bits per heavy atom. The van der Waals surface area contributed by atoms with Crippen LogP contribution in [0.3, 0.4) is 0 Å². The van der Waals surface area contributed by atoms with Gasteiger partial charge in [0, 0.05) is 11.6 Å². The predicted octanol–water partition coefficient (Wildman–Crippen LogP) is 4.82. The lowest BCUT2D eigenvalue weighted by molar-refractivity contribution is -0.119. The molecule has 0 saturated carbocycles. The molecule has 7 heteroatoms. The number of fused-ring (bicyclic) bond motifs is 1. The smallest absolute Gasteiger partial charge is 0.262 e. The number of rotatable bonds is 8. The van der Waals surface area contributed by atoms with Crippen LogP contribution in [-0.2, 0) is 11.3 Å². The van der Waals surface area contributed by atoms with Crippen molar-refractivity contribution >= 4 is 40.2 Å². The molecule has 152 valence electrons. The van der Waals surface area contributed by atoms with E-state index in [1.54, 1.807) is 22.8 Å². The normalized spacial score (nSPS) is 12.1. The van der Waals surface area contributed by atoms with E-state index in [1.165, 1.54) is 11.8 Å². The van der Waals surface area contributed by atoms with Crippen molar-refractivity contribution in [2.45, 2.75) is 44.4 Å². The molecule has 1 aromatic heterocycles. The molecule has 1 atom stereocenters. The first-order valence-corrected chi connectivity index (χ1v) is 11.0. The first-order valence-electron chi connectivity index (χ1n) is 9.66. The van der Waals surface area contributed by atoms with Crippen LogP contribution in [0.2, 0.25) is 5.02 Å². The van der Waals surface area contributed by atoms with Gasteiger partial charge >= 0.3 is 0 Å². The van der Waals surface area contributed by atoms with Crippen LogP contribution in [0, 0.1) is 0 Å². The molecule has 0 aliphatic rings. The molecule has 1 amide bonds. The van der Waals surface area contributed by atoms with Gasteiger partial charge in [-0.3, -0.25) is 14.2 Å². The molecule has 0 saturated heterocycles. The van der Waals surface area contributed by atoms with Crippen LogP contribution in [0.5, 0.6) is 0 Å². The van der Waals surface area contributed by atoms with Crippen molar-refractivity contribution in [3.63, 3.8) is 0 Å². The summed E-state index contributed by atoms with van der Waals surface area (Å²) in [6.45, 7) is 4.60. The molecule has 1 heterocycles. The average Bonchev–Trinajstić information content (AvgIpc) is 2.72. The van der Waals surface area contributed by atoms with E-state index in [2.05, 4.69) is 17.2 Å².